The van der Waals surface area contributed by atoms with Crippen molar-refractivity contribution in [1.82, 2.24) is 4.98 Å². The highest BCUT2D eigenvalue weighted by Crippen LogP contribution is 2.31. The summed E-state index contributed by atoms with van der Waals surface area (Å²) in [7, 11) is 0. The second-order valence-corrected chi connectivity index (χ2v) is 4.51. The highest BCUT2D eigenvalue weighted by molar-refractivity contribution is 7.13. The first-order valence-electron chi connectivity index (χ1n) is 4.84. The van der Waals surface area contributed by atoms with E-state index < -0.39 is 5.97 Å². The molecule has 0 fully saturated rings. The van der Waals surface area contributed by atoms with Crippen LogP contribution in [0.4, 0.5) is 0 Å². The Hall–Kier alpha value is -1.68. The van der Waals surface area contributed by atoms with Gasteiger partial charge in [0.25, 0.3) is 0 Å². The zero-order chi connectivity index (χ0) is 11.7. The summed E-state index contributed by atoms with van der Waals surface area (Å²) in [5.41, 5.74) is 4.85. The number of thiazole rings is 1. The molecule has 0 saturated heterocycles. The number of nitrogens with zero attached hydrogens (tertiary/aromatic N) is 1. The zero-order valence-electron chi connectivity index (χ0n) is 9.02. The molecule has 1 aromatic heterocycles. The molecule has 2 aromatic rings. The lowest BCUT2D eigenvalue weighted by Crippen LogP contribution is -1.99. The van der Waals surface area contributed by atoms with Crippen LogP contribution < -0.4 is 0 Å². The van der Waals surface area contributed by atoms with Gasteiger partial charge in [-0.15, -0.1) is 11.3 Å². The van der Waals surface area contributed by atoms with Gasteiger partial charge in [-0.2, -0.15) is 0 Å². The van der Waals surface area contributed by atoms with Crippen LogP contribution in [-0.4, -0.2) is 16.1 Å². The zero-order valence-corrected chi connectivity index (χ0v) is 9.84. The molecule has 1 aromatic carbocycles. The first-order valence-corrected chi connectivity index (χ1v) is 5.72. The van der Waals surface area contributed by atoms with Crippen LogP contribution >= 0.6 is 11.3 Å². The number of aromatic nitrogens is 1. The van der Waals surface area contributed by atoms with Gasteiger partial charge in [-0.25, -0.2) is 9.78 Å². The minimum atomic E-state index is -0.975. The van der Waals surface area contributed by atoms with E-state index in [9.17, 15) is 4.79 Å². The van der Waals surface area contributed by atoms with E-state index in [4.69, 9.17) is 5.11 Å². The Balaban J connectivity index is 2.62. The fourth-order valence-corrected chi connectivity index (χ4v) is 2.43. The van der Waals surface area contributed by atoms with Crippen LogP contribution in [-0.2, 0) is 0 Å². The molecule has 1 heterocycles. The summed E-state index contributed by atoms with van der Waals surface area (Å²) in [4.78, 5) is 15.6. The normalized spacial score (nSPS) is 10.4. The third-order valence-electron chi connectivity index (χ3n) is 2.41. The molecule has 0 aliphatic heterocycles. The SMILES string of the molecule is Cc1ccc(C)c(-c2scnc2C(=O)O)c1. The molecule has 4 heteroatoms. The lowest BCUT2D eigenvalue weighted by molar-refractivity contribution is 0.0692. The molecule has 0 atom stereocenters. The monoisotopic (exact) mass is 233 g/mol. The van der Waals surface area contributed by atoms with Crippen LogP contribution in [0, 0.1) is 13.8 Å². The minimum absolute atomic E-state index is 0.138. The van der Waals surface area contributed by atoms with E-state index in [1.165, 1.54) is 11.3 Å². The van der Waals surface area contributed by atoms with Crippen molar-refractivity contribution < 1.29 is 9.90 Å². The molecule has 0 aliphatic rings. The van der Waals surface area contributed by atoms with E-state index in [-0.39, 0.29) is 5.69 Å². The molecule has 3 nitrogen and oxygen atoms in total. The summed E-state index contributed by atoms with van der Waals surface area (Å²) in [6, 6.07) is 6.01. The van der Waals surface area contributed by atoms with Crippen molar-refractivity contribution in [1.29, 1.82) is 0 Å². The lowest BCUT2D eigenvalue weighted by Gasteiger charge is -2.05. The molecule has 0 spiro atoms. The Labute approximate surface area is 97.4 Å². The maximum Gasteiger partial charge on any atom is 0.356 e. The predicted octanol–water partition coefficient (Wildman–Crippen LogP) is 3.13. The first-order chi connectivity index (χ1) is 7.59. The Morgan fingerprint density at radius 3 is 2.81 bits per heavy atom. The number of aryl methyl sites for hydroxylation is 2. The maximum atomic E-state index is 11.0. The van der Waals surface area contributed by atoms with E-state index in [0.29, 0.717) is 0 Å². The molecule has 0 radical (unpaired) electrons. The van der Waals surface area contributed by atoms with Crippen molar-refractivity contribution in [2.24, 2.45) is 0 Å². The molecule has 0 aliphatic carbocycles. The molecule has 0 amide bonds. The Kier molecular flexibility index (Phi) is 2.75. The number of carboxylic acid groups (broad SMARTS) is 1. The number of hydrogen-bond acceptors (Lipinski definition) is 3. The van der Waals surface area contributed by atoms with Crippen molar-refractivity contribution in [3.05, 3.63) is 40.5 Å². The molecule has 2 rings (SSSR count). The third kappa shape index (κ3) is 1.84. The van der Waals surface area contributed by atoms with Crippen LogP contribution in [0.1, 0.15) is 21.6 Å². The fourth-order valence-electron chi connectivity index (χ4n) is 1.57. The summed E-state index contributed by atoms with van der Waals surface area (Å²) in [5.74, 6) is -0.975. The van der Waals surface area contributed by atoms with Gasteiger partial charge in [0.05, 0.1) is 10.4 Å². The van der Waals surface area contributed by atoms with Gasteiger partial charge in [0, 0.05) is 0 Å². The second kappa shape index (κ2) is 4.06. The number of carbonyl (C=O) groups is 1. The number of benzene rings is 1. The van der Waals surface area contributed by atoms with Crippen molar-refractivity contribution >= 4 is 17.3 Å². The van der Waals surface area contributed by atoms with Gasteiger partial charge in [0.2, 0.25) is 0 Å². The highest BCUT2D eigenvalue weighted by Gasteiger charge is 2.16. The third-order valence-corrected chi connectivity index (χ3v) is 3.27. The van der Waals surface area contributed by atoms with Crippen molar-refractivity contribution in [2.45, 2.75) is 13.8 Å². The average molecular weight is 233 g/mol. The summed E-state index contributed by atoms with van der Waals surface area (Å²) < 4.78 is 0. The van der Waals surface area contributed by atoms with Gasteiger partial charge < -0.3 is 5.11 Å². The van der Waals surface area contributed by atoms with E-state index in [2.05, 4.69) is 4.98 Å². The topological polar surface area (TPSA) is 50.2 Å². The van der Waals surface area contributed by atoms with Gasteiger partial charge in [0.15, 0.2) is 5.69 Å². The van der Waals surface area contributed by atoms with E-state index in [1.54, 1.807) is 5.51 Å². The quantitative estimate of drug-likeness (QED) is 0.867. The number of hydrogen-bond donors (Lipinski definition) is 1. The van der Waals surface area contributed by atoms with E-state index in [1.807, 2.05) is 32.0 Å². The molecule has 0 unspecified atom stereocenters. The van der Waals surface area contributed by atoms with E-state index >= 15 is 0 Å². The number of aromatic carboxylic acids is 1. The molecule has 0 bridgehead atoms. The molecular formula is C12H11NO2S. The van der Waals surface area contributed by atoms with Gasteiger partial charge in [-0.05, 0) is 25.0 Å². The van der Waals surface area contributed by atoms with Crippen LogP contribution in [0.2, 0.25) is 0 Å². The molecule has 1 N–H and O–H groups in total. The summed E-state index contributed by atoms with van der Waals surface area (Å²) in [5, 5.41) is 9.02. The number of carboxylic acids is 1. The Bertz CT molecular complexity index is 546. The van der Waals surface area contributed by atoms with Gasteiger partial charge in [0.1, 0.15) is 0 Å². The number of rotatable bonds is 2. The standard InChI is InChI=1S/C12H11NO2S/c1-7-3-4-8(2)9(5-7)11-10(12(14)15)13-6-16-11/h3-6H,1-2H3,(H,14,15). The average Bonchev–Trinajstić information content (AvgIpc) is 2.70. The van der Waals surface area contributed by atoms with Gasteiger partial charge in [-0.3, -0.25) is 0 Å². The van der Waals surface area contributed by atoms with Crippen molar-refractivity contribution in [3.8, 4) is 10.4 Å². The predicted molar refractivity (Wildman–Crippen MR) is 64.0 cm³/mol. The van der Waals surface area contributed by atoms with Gasteiger partial charge >= 0.3 is 5.97 Å². The fraction of sp³-hybridized carbons (Fsp3) is 0.167. The van der Waals surface area contributed by atoms with Crippen LogP contribution in [0.5, 0.6) is 0 Å². The molecule has 0 saturated carbocycles. The Morgan fingerprint density at radius 2 is 2.12 bits per heavy atom. The summed E-state index contributed by atoms with van der Waals surface area (Å²) >= 11 is 1.36. The largest absolute Gasteiger partial charge is 0.476 e. The van der Waals surface area contributed by atoms with Gasteiger partial charge in [-0.1, -0.05) is 23.8 Å². The van der Waals surface area contributed by atoms with Crippen LogP contribution in [0.25, 0.3) is 10.4 Å². The minimum Gasteiger partial charge on any atom is -0.476 e. The molecule has 16 heavy (non-hydrogen) atoms. The van der Waals surface area contributed by atoms with Crippen LogP contribution in [0.3, 0.4) is 0 Å². The van der Waals surface area contributed by atoms with E-state index in [0.717, 1.165) is 21.6 Å². The van der Waals surface area contributed by atoms with Crippen LogP contribution in [0.15, 0.2) is 23.7 Å². The summed E-state index contributed by atoms with van der Waals surface area (Å²) in [6.07, 6.45) is 0. The first kappa shape index (κ1) is 10.8. The second-order valence-electron chi connectivity index (χ2n) is 3.65. The van der Waals surface area contributed by atoms with Crippen molar-refractivity contribution in [2.75, 3.05) is 0 Å². The van der Waals surface area contributed by atoms with Crippen molar-refractivity contribution in [3.63, 3.8) is 0 Å². The summed E-state index contributed by atoms with van der Waals surface area (Å²) in [6.45, 7) is 3.96. The smallest absolute Gasteiger partial charge is 0.356 e. The highest BCUT2D eigenvalue weighted by atomic mass is 32.1. The molecular weight excluding hydrogens is 222 g/mol. The lowest BCUT2D eigenvalue weighted by atomic mass is 10.0. The molecule has 82 valence electrons. The maximum absolute atomic E-state index is 11.0. The Morgan fingerprint density at radius 1 is 1.38 bits per heavy atom.